The zero-order chi connectivity index (χ0) is 16.9. The molecule has 122 valence electrons. The van der Waals surface area contributed by atoms with Gasteiger partial charge in [-0.2, -0.15) is 0 Å². The van der Waals surface area contributed by atoms with Crippen LogP contribution < -0.4 is 11.1 Å². The lowest BCUT2D eigenvalue weighted by atomic mass is 10.1. The highest BCUT2D eigenvalue weighted by molar-refractivity contribution is 7.12. The first-order chi connectivity index (χ1) is 11.6. The predicted molar refractivity (Wildman–Crippen MR) is 93.6 cm³/mol. The number of hydrogen-bond acceptors (Lipinski definition) is 4. The standard InChI is InChI=1S/C16H15N5O2S/c17-15(13-5-2-6-24-13)20-11-4-1-3-10(7-11)12-8-18-14(21-12)9-19-16(22)23/h1-8,19H,9H2,(H2,17,20)(H,18,21)(H,22,23). The van der Waals surface area contributed by atoms with Crippen molar-refractivity contribution in [2.45, 2.75) is 6.54 Å². The number of rotatable bonds is 5. The number of aliphatic imine (C=N–C) groups is 1. The summed E-state index contributed by atoms with van der Waals surface area (Å²) < 4.78 is 0. The number of nitrogens with two attached hydrogens (primary N) is 1. The average Bonchev–Trinajstić information content (AvgIpc) is 3.25. The SMILES string of the molecule is N/C(=N/c1cccc(-c2c[nH]c(CNC(=O)O)n2)c1)c1cccs1. The molecule has 1 amide bonds. The zero-order valence-electron chi connectivity index (χ0n) is 12.6. The molecule has 0 saturated heterocycles. The van der Waals surface area contributed by atoms with E-state index in [2.05, 4.69) is 20.3 Å². The molecule has 7 nitrogen and oxygen atoms in total. The van der Waals surface area contributed by atoms with Crippen LogP contribution in [0.3, 0.4) is 0 Å². The summed E-state index contributed by atoms with van der Waals surface area (Å²) in [4.78, 5) is 23.2. The van der Waals surface area contributed by atoms with Crippen LogP contribution in [0.2, 0.25) is 0 Å². The molecule has 0 bridgehead atoms. The Balaban J connectivity index is 1.80. The third kappa shape index (κ3) is 3.79. The second kappa shape index (κ2) is 6.97. The molecule has 0 fully saturated rings. The topological polar surface area (TPSA) is 116 Å². The molecule has 5 N–H and O–H groups in total. The van der Waals surface area contributed by atoms with E-state index in [0.29, 0.717) is 17.4 Å². The quantitative estimate of drug-likeness (QED) is 0.421. The van der Waals surface area contributed by atoms with Gasteiger partial charge in [-0.1, -0.05) is 18.2 Å². The van der Waals surface area contributed by atoms with Crippen LogP contribution in [0.15, 0.2) is 53.0 Å². The van der Waals surface area contributed by atoms with Gasteiger partial charge in [0.25, 0.3) is 0 Å². The molecule has 24 heavy (non-hydrogen) atoms. The molecule has 0 aliphatic heterocycles. The second-order valence-corrected chi connectivity index (χ2v) is 5.86. The fourth-order valence-electron chi connectivity index (χ4n) is 2.11. The molecule has 2 aromatic heterocycles. The largest absolute Gasteiger partial charge is 0.465 e. The van der Waals surface area contributed by atoms with Crippen molar-refractivity contribution in [1.29, 1.82) is 0 Å². The van der Waals surface area contributed by atoms with E-state index < -0.39 is 6.09 Å². The van der Waals surface area contributed by atoms with Gasteiger partial charge in [0.1, 0.15) is 11.7 Å². The first-order valence-electron chi connectivity index (χ1n) is 7.11. The lowest BCUT2D eigenvalue weighted by molar-refractivity contribution is 0.193. The first kappa shape index (κ1) is 15.8. The predicted octanol–water partition coefficient (Wildman–Crippen LogP) is 2.94. The summed E-state index contributed by atoms with van der Waals surface area (Å²) in [6.07, 6.45) is 0.637. The van der Waals surface area contributed by atoms with Crippen LogP contribution >= 0.6 is 11.3 Å². The molecule has 3 rings (SSSR count). The Kier molecular flexibility index (Phi) is 4.57. The number of amidine groups is 1. The number of carboxylic acid groups (broad SMARTS) is 1. The number of H-pyrrole nitrogens is 1. The van der Waals surface area contributed by atoms with Crippen molar-refractivity contribution in [2.75, 3.05) is 0 Å². The van der Waals surface area contributed by atoms with Gasteiger partial charge in [-0.3, -0.25) is 0 Å². The van der Waals surface area contributed by atoms with Crippen LogP contribution in [0.5, 0.6) is 0 Å². The third-order valence-electron chi connectivity index (χ3n) is 3.20. The van der Waals surface area contributed by atoms with Crippen LogP contribution in [-0.4, -0.2) is 27.0 Å². The minimum Gasteiger partial charge on any atom is -0.465 e. The summed E-state index contributed by atoms with van der Waals surface area (Å²) in [5.41, 5.74) is 8.32. The molecule has 0 aliphatic rings. The highest BCUT2D eigenvalue weighted by atomic mass is 32.1. The minimum atomic E-state index is -1.09. The lowest BCUT2D eigenvalue weighted by Gasteiger charge is -2.01. The summed E-state index contributed by atoms with van der Waals surface area (Å²) >= 11 is 1.53. The summed E-state index contributed by atoms with van der Waals surface area (Å²) in [5, 5.41) is 12.8. The fourth-order valence-corrected chi connectivity index (χ4v) is 2.74. The summed E-state index contributed by atoms with van der Waals surface area (Å²) in [6.45, 7) is 0.124. The fraction of sp³-hybridized carbons (Fsp3) is 0.0625. The normalized spacial score (nSPS) is 11.4. The van der Waals surface area contributed by atoms with Crippen molar-refractivity contribution in [1.82, 2.24) is 15.3 Å². The molecule has 0 saturated carbocycles. The number of carbonyl (C=O) groups is 1. The summed E-state index contributed by atoms with van der Waals surface area (Å²) in [6, 6.07) is 11.4. The van der Waals surface area contributed by atoms with Crippen LogP contribution in [0, 0.1) is 0 Å². The van der Waals surface area contributed by atoms with Crippen molar-refractivity contribution in [3.8, 4) is 11.3 Å². The molecule has 8 heteroatoms. The van der Waals surface area contributed by atoms with Crippen molar-refractivity contribution in [3.63, 3.8) is 0 Å². The maximum absolute atomic E-state index is 10.5. The number of aromatic amines is 1. The number of amides is 1. The highest BCUT2D eigenvalue weighted by Gasteiger charge is 2.06. The van der Waals surface area contributed by atoms with Gasteiger partial charge in [-0.25, -0.2) is 14.8 Å². The van der Waals surface area contributed by atoms with Gasteiger partial charge in [0, 0.05) is 11.8 Å². The lowest BCUT2D eigenvalue weighted by Crippen LogP contribution is -2.20. The molecule has 1 aromatic carbocycles. The number of nitrogens with zero attached hydrogens (tertiary/aromatic N) is 2. The molecule has 2 heterocycles. The van der Waals surface area contributed by atoms with E-state index in [1.165, 1.54) is 11.3 Å². The smallest absolute Gasteiger partial charge is 0.405 e. The summed E-state index contributed by atoms with van der Waals surface area (Å²) in [7, 11) is 0. The van der Waals surface area contributed by atoms with E-state index in [9.17, 15) is 4.79 Å². The Labute approximate surface area is 141 Å². The van der Waals surface area contributed by atoms with Gasteiger partial charge in [0.2, 0.25) is 0 Å². The Morgan fingerprint density at radius 2 is 2.25 bits per heavy atom. The number of aromatic nitrogens is 2. The molecule has 0 spiro atoms. The van der Waals surface area contributed by atoms with Gasteiger partial charge in [-0.15, -0.1) is 11.3 Å². The van der Waals surface area contributed by atoms with E-state index in [0.717, 1.165) is 16.1 Å². The van der Waals surface area contributed by atoms with Crippen LogP contribution in [-0.2, 0) is 6.54 Å². The highest BCUT2D eigenvalue weighted by Crippen LogP contribution is 2.23. The van der Waals surface area contributed by atoms with E-state index in [4.69, 9.17) is 10.8 Å². The van der Waals surface area contributed by atoms with E-state index in [1.807, 2.05) is 41.8 Å². The number of benzene rings is 1. The Bertz CT molecular complexity index is 870. The average molecular weight is 341 g/mol. The van der Waals surface area contributed by atoms with E-state index in [-0.39, 0.29) is 6.54 Å². The Morgan fingerprint density at radius 3 is 3.00 bits per heavy atom. The number of hydrogen-bond donors (Lipinski definition) is 4. The summed E-state index contributed by atoms with van der Waals surface area (Å²) in [5.74, 6) is 1.01. The van der Waals surface area contributed by atoms with Crippen molar-refractivity contribution in [2.24, 2.45) is 10.7 Å². The maximum Gasteiger partial charge on any atom is 0.405 e. The van der Waals surface area contributed by atoms with Gasteiger partial charge >= 0.3 is 6.09 Å². The monoisotopic (exact) mass is 341 g/mol. The van der Waals surface area contributed by atoms with Crippen LogP contribution in [0.25, 0.3) is 11.3 Å². The third-order valence-corrected chi connectivity index (χ3v) is 4.10. The van der Waals surface area contributed by atoms with Gasteiger partial charge in [0.05, 0.1) is 22.8 Å². The van der Waals surface area contributed by atoms with Gasteiger partial charge in [-0.05, 0) is 23.6 Å². The Morgan fingerprint density at radius 1 is 1.38 bits per heavy atom. The molecule has 0 unspecified atom stereocenters. The molecule has 0 radical (unpaired) electrons. The maximum atomic E-state index is 10.5. The van der Waals surface area contributed by atoms with Crippen LogP contribution in [0.4, 0.5) is 10.5 Å². The van der Waals surface area contributed by atoms with E-state index in [1.54, 1.807) is 6.20 Å². The van der Waals surface area contributed by atoms with E-state index >= 15 is 0 Å². The number of imidazole rings is 1. The molecular weight excluding hydrogens is 326 g/mol. The number of thiophene rings is 1. The molecule has 0 aliphatic carbocycles. The van der Waals surface area contributed by atoms with Crippen molar-refractivity contribution >= 4 is 29.0 Å². The first-order valence-corrected chi connectivity index (χ1v) is 7.99. The zero-order valence-corrected chi connectivity index (χ0v) is 13.4. The van der Waals surface area contributed by atoms with Crippen LogP contribution in [0.1, 0.15) is 10.7 Å². The Hall–Kier alpha value is -3.13. The molecule has 0 atom stereocenters. The molecule has 3 aromatic rings. The van der Waals surface area contributed by atoms with Gasteiger partial charge < -0.3 is 21.1 Å². The molecular formula is C16H15N5O2S. The van der Waals surface area contributed by atoms with Gasteiger partial charge in [0.15, 0.2) is 0 Å². The van der Waals surface area contributed by atoms with Crippen molar-refractivity contribution in [3.05, 3.63) is 58.7 Å². The number of nitrogens with one attached hydrogen (secondary N) is 2. The second-order valence-electron chi connectivity index (χ2n) is 4.92. The minimum absolute atomic E-state index is 0.124. The van der Waals surface area contributed by atoms with Crippen molar-refractivity contribution < 1.29 is 9.90 Å².